The van der Waals surface area contributed by atoms with Crippen LogP contribution >= 0.6 is 12.4 Å². The molecule has 1 aliphatic heterocycles. The largest absolute Gasteiger partial charge is 0.508 e. The summed E-state index contributed by atoms with van der Waals surface area (Å²) in [6.07, 6.45) is 8.95. The van der Waals surface area contributed by atoms with E-state index in [9.17, 15) is 9.90 Å². The third-order valence-corrected chi connectivity index (χ3v) is 8.18. The number of phenols is 1. The first-order valence-electron chi connectivity index (χ1n) is 10.7. The molecule has 2 saturated carbocycles. The number of benzene rings is 1. The van der Waals surface area contributed by atoms with Gasteiger partial charge in [-0.1, -0.05) is 25.8 Å². The quantitative estimate of drug-likeness (QED) is 0.828. The number of nitrogens with zero attached hydrogens (tertiary/aromatic N) is 1. The summed E-state index contributed by atoms with van der Waals surface area (Å²) >= 11 is 0. The predicted octanol–water partition coefficient (Wildman–Crippen LogP) is 4.49. The molecule has 0 amide bonds. The van der Waals surface area contributed by atoms with Crippen LogP contribution in [0.5, 0.6) is 5.75 Å². The van der Waals surface area contributed by atoms with Gasteiger partial charge in [0.1, 0.15) is 11.5 Å². The van der Waals surface area contributed by atoms with Gasteiger partial charge in [0.2, 0.25) is 0 Å². The van der Waals surface area contributed by atoms with Gasteiger partial charge in [0.15, 0.2) is 0 Å². The van der Waals surface area contributed by atoms with E-state index in [4.69, 9.17) is 0 Å². The molecule has 1 N–H and O–H groups in total. The van der Waals surface area contributed by atoms with Gasteiger partial charge in [-0.15, -0.1) is 12.4 Å². The molecular formula is C23H32ClNO2. The highest BCUT2D eigenvalue weighted by Crippen LogP contribution is 2.58. The number of piperidine rings is 1. The van der Waals surface area contributed by atoms with E-state index in [0.717, 1.165) is 38.1 Å². The third-order valence-electron chi connectivity index (χ3n) is 8.18. The Morgan fingerprint density at radius 1 is 1.26 bits per heavy atom. The maximum Gasteiger partial charge on any atom is 0.134 e. The summed E-state index contributed by atoms with van der Waals surface area (Å²) in [5.74, 6) is 2.78. The van der Waals surface area contributed by atoms with Crippen LogP contribution in [0.3, 0.4) is 0 Å². The van der Waals surface area contributed by atoms with E-state index in [-0.39, 0.29) is 17.8 Å². The van der Waals surface area contributed by atoms with Gasteiger partial charge in [0.25, 0.3) is 0 Å². The second-order valence-corrected chi connectivity index (χ2v) is 9.42. The van der Waals surface area contributed by atoms with Crippen LogP contribution < -0.4 is 0 Å². The number of likely N-dealkylation sites (tertiary alicyclic amines) is 1. The van der Waals surface area contributed by atoms with Gasteiger partial charge in [-0.25, -0.2) is 0 Å². The smallest absolute Gasteiger partial charge is 0.134 e. The van der Waals surface area contributed by atoms with Crippen LogP contribution in [-0.4, -0.2) is 34.9 Å². The fourth-order valence-corrected chi connectivity index (χ4v) is 6.81. The van der Waals surface area contributed by atoms with Crippen LogP contribution in [0.4, 0.5) is 0 Å². The summed E-state index contributed by atoms with van der Waals surface area (Å²) in [4.78, 5) is 15.5. The van der Waals surface area contributed by atoms with Crippen molar-refractivity contribution in [1.29, 1.82) is 0 Å². The molecule has 4 atom stereocenters. The van der Waals surface area contributed by atoms with Gasteiger partial charge in [-0.3, -0.25) is 9.69 Å². The average Bonchev–Trinajstić information content (AvgIpc) is 2.59. The van der Waals surface area contributed by atoms with E-state index >= 15 is 0 Å². The Kier molecular flexibility index (Phi) is 5.05. The molecule has 4 aliphatic rings. The molecule has 148 valence electrons. The van der Waals surface area contributed by atoms with Crippen LogP contribution in [0.1, 0.15) is 63.0 Å². The summed E-state index contributed by atoms with van der Waals surface area (Å²) in [5.41, 5.74) is 2.66. The molecular weight excluding hydrogens is 358 g/mol. The van der Waals surface area contributed by atoms with Crippen molar-refractivity contribution in [2.45, 2.75) is 69.7 Å². The van der Waals surface area contributed by atoms with Crippen LogP contribution in [0.25, 0.3) is 0 Å². The van der Waals surface area contributed by atoms with E-state index in [1.165, 1.54) is 36.9 Å². The number of carbonyl (C=O) groups excluding carboxylic acids is 1. The third kappa shape index (κ3) is 2.93. The molecule has 27 heavy (non-hydrogen) atoms. The monoisotopic (exact) mass is 389 g/mol. The van der Waals surface area contributed by atoms with Crippen molar-refractivity contribution in [3.05, 3.63) is 29.3 Å². The number of aromatic hydroxyl groups is 1. The van der Waals surface area contributed by atoms with Crippen LogP contribution in [-0.2, 0) is 16.6 Å². The number of hydrogen-bond donors (Lipinski definition) is 1. The topological polar surface area (TPSA) is 40.5 Å². The maximum absolute atomic E-state index is 12.7. The normalized spacial score (nSPS) is 35.6. The minimum absolute atomic E-state index is 0. The molecule has 0 radical (unpaired) electrons. The zero-order valence-electron chi connectivity index (χ0n) is 16.3. The lowest BCUT2D eigenvalue weighted by atomic mass is 9.49. The van der Waals surface area contributed by atoms with Crippen molar-refractivity contribution in [2.75, 3.05) is 13.1 Å². The van der Waals surface area contributed by atoms with Crippen molar-refractivity contribution < 1.29 is 9.90 Å². The Morgan fingerprint density at radius 2 is 2.07 bits per heavy atom. The van der Waals surface area contributed by atoms with E-state index < -0.39 is 0 Å². The van der Waals surface area contributed by atoms with Crippen molar-refractivity contribution in [3.8, 4) is 5.75 Å². The first kappa shape index (κ1) is 19.3. The number of Topliss-reactive ketones (excluding diaryl/α,β-unsaturated/α-hetero) is 1. The molecule has 0 spiro atoms. The number of rotatable bonds is 3. The van der Waals surface area contributed by atoms with Crippen LogP contribution in [0.15, 0.2) is 18.2 Å². The zero-order chi connectivity index (χ0) is 17.9. The zero-order valence-corrected chi connectivity index (χ0v) is 17.1. The minimum Gasteiger partial charge on any atom is -0.508 e. The van der Waals surface area contributed by atoms with Crippen molar-refractivity contribution in [2.24, 2.45) is 17.8 Å². The average molecular weight is 390 g/mol. The van der Waals surface area contributed by atoms with Gasteiger partial charge in [0.05, 0.1) is 0 Å². The SMILES string of the molecule is CCC1CC(=O)C[C@]23CCN(CC4CCC4)[C@H](Cc4ccc(O)cc42)[C@H]13.Cl. The molecule has 1 unspecified atom stereocenters. The molecule has 3 aliphatic carbocycles. The lowest BCUT2D eigenvalue weighted by Gasteiger charge is -2.61. The van der Waals surface area contributed by atoms with Gasteiger partial charge in [0, 0.05) is 30.8 Å². The van der Waals surface area contributed by atoms with Crippen molar-refractivity contribution in [3.63, 3.8) is 0 Å². The Morgan fingerprint density at radius 3 is 2.78 bits per heavy atom. The summed E-state index contributed by atoms with van der Waals surface area (Å²) in [7, 11) is 0. The summed E-state index contributed by atoms with van der Waals surface area (Å²) < 4.78 is 0. The van der Waals surface area contributed by atoms with E-state index in [1.807, 2.05) is 12.1 Å². The van der Waals surface area contributed by atoms with Crippen LogP contribution in [0.2, 0.25) is 0 Å². The van der Waals surface area contributed by atoms with Gasteiger partial charge in [-0.05, 0) is 73.2 Å². The minimum atomic E-state index is -0.0247. The fraction of sp³-hybridized carbons (Fsp3) is 0.696. The summed E-state index contributed by atoms with van der Waals surface area (Å²) in [6.45, 7) is 4.65. The Hall–Kier alpha value is -1.06. The number of halogens is 1. The number of phenolic OH excluding ortho intramolecular Hbond substituents is 1. The molecule has 5 rings (SSSR count). The molecule has 2 bridgehead atoms. The molecule has 0 aromatic heterocycles. The molecule has 4 heteroatoms. The number of ketones is 1. The molecule has 1 aromatic rings. The number of fused-ring (bicyclic) bond motifs is 1. The molecule has 1 heterocycles. The van der Waals surface area contributed by atoms with E-state index in [2.05, 4.69) is 17.9 Å². The number of carbonyl (C=O) groups is 1. The lowest BCUT2D eigenvalue weighted by molar-refractivity contribution is -0.132. The Labute approximate surface area is 168 Å². The Bertz CT molecular complexity index is 731. The van der Waals surface area contributed by atoms with Gasteiger partial charge in [-0.2, -0.15) is 0 Å². The first-order valence-corrected chi connectivity index (χ1v) is 10.7. The van der Waals surface area contributed by atoms with Gasteiger partial charge < -0.3 is 5.11 Å². The second-order valence-electron chi connectivity index (χ2n) is 9.42. The van der Waals surface area contributed by atoms with E-state index in [0.29, 0.717) is 35.8 Å². The number of hydrogen-bond acceptors (Lipinski definition) is 3. The van der Waals surface area contributed by atoms with Gasteiger partial charge >= 0.3 is 0 Å². The Balaban J connectivity index is 0.00000180. The summed E-state index contributed by atoms with van der Waals surface area (Å²) in [5, 5.41) is 10.2. The highest BCUT2D eigenvalue weighted by molar-refractivity contribution is 5.85. The molecule has 1 aromatic carbocycles. The van der Waals surface area contributed by atoms with Crippen LogP contribution in [0, 0.1) is 17.8 Å². The second kappa shape index (κ2) is 7.08. The summed E-state index contributed by atoms with van der Waals surface area (Å²) in [6, 6.07) is 6.54. The van der Waals surface area contributed by atoms with E-state index in [1.54, 1.807) is 0 Å². The predicted molar refractivity (Wildman–Crippen MR) is 110 cm³/mol. The molecule has 1 saturated heterocycles. The van der Waals surface area contributed by atoms with Crippen molar-refractivity contribution in [1.82, 2.24) is 4.90 Å². The van der Waals surface area contributed by atoms with Crippen molar-refractivity contribution >= 4 is 18.2 Å². The first-order chi connectivity index (χ1) is 12.6. The highest BCUT2D eigenvalue weighted by Gasteiger charge is 2.58. The highest BCUT2D eigenvalue weighted by atomic mass is 35.5. The molecule has 3 nitrogen and oxygen atoms in total. The molecule has 3 fully saturated rings. The lowest BCUT2D eigenvalue weighted by Crippen LogP contribution is -2.64. The standard InChI is InChI=1S/C23H31NO2.ClH/c1-2-16-10-19(26)13-23-8-9-24(14-15-4-3-5-15)21(22(16)23)11-17-6-7-18(25)12-20(17)23;/h6-7,12,15-16,21-22,25H,2-5,8-11,13-14H2,1H3;1H/t16?,21-,22+,23-;/m1./s1. The maximum atomic E-state index is 12.7. The fourth-order valence-electron chi connectivity index (χ4n) is 6.81.